The van der Waals surface area contributed by atoms with E-state index in [-0.39, 0.29) is 17.7 Å². The first-order chi connectivity index (χ1) is 14.4. The van der Waals surface area contributed by atoms with Crippen molar-refractivity contribution in [1.29, 1.82) is 0 Å². The Bertz CT molecular complexity index is 1080. The second-order valence-electron chi connectivity index (χ2n) is 8.04. The zero-order chi connectivity index (χ0) is 21.1. The normalized spacial score (nSPS) is 16.9. The van der Waals surface area contributed by atoms with Crippen LogP contribution in [0.15, 0.2) is 52.8 Å². The first-order valence-corrected chi connectivity index (χ1v) is 9.94. The lowest BCUT2D eigenvalue weighted by Crippen LogP contribution is -2.33. The number of rotatable bonds is 6. The lowest BCUT2D eigenvalue weighted by Gasteiger charge is -2.32. The maximum atomic E-state index is 12.8. The smallest absolute Gasteiger partial charge is 0.257 e. The summed E-state index contributed by atoms with van der Waals surface area (Å²) < 4.78 is 10.5. The summed E-state index contributed by atoms with van der Waals surface area (Å²) in [6.07, 6.45) is 6.27. The van der Waals surface area contributed by atoms with Gasteiger partial charge in [0.25, 0.3) is 5.91 Å². The molecule has 1 amide bonds. The van der Waals surface area contributed by atoms with E-state index >= 15 is 0 Å². The maximum Gasteiger partial charge on any atom is 0.257 e. The molecule has 0 bridgehead atoms. The van der Waals surface area contributed by atoms with Gasteiger partial charge in [-0.3, -0.25) is 4.79 Å². The summed E-state index contributed by atoms with van der Waals surface area (Å²) in [5.41, 5.74) is 2.01. The number of hydrogen-bond donors (Lipinski definition) is 2. The van der Waals surface area contributed by atoms with Gasteiger partial charge in [0.2, 0.25) is 5.88 Å². The molecule has 0 radical (unpaired) electrons. The van der Waals surface area contributed by atoms with Gasteiger partial charge in [-0.1, -0.05) is 11.6 Å². The zero-order valence-electron chi connectivity index (χ0n) is 17.0. The summed E-state index contributed by atoms with van der Waals surface area (Å²) in [4.78, 5) is 17.0. The largest absolute Gasteiger partial charge is 0.438 e. The Morgan fingerprint density at radius 2 is 2.13 bits per heavy atom. The van der Waals surface area contributed by atoms with Crippen molar-refractivity contribution in [2.45, 2.75) is 38.7 Å². The van der Waals surface area contributed by atoms with Gasteiger partial charge in [0.15, 0.2) is 0 Å². The van der Waals surface area contributed by atoms with Gasteiger partial charge in [0.1, 0.15) is 22.3 Å². The van der Waals surface area contributed by atoms with Crippen molar-refractivity contribution in [3.8, 4) is 11.6 Å². The molecular formula is C22H24N4O4. The Balaban J connectivity index is 1.42. The third kappa shape index (κ3) is 4.49. The van der Waals surface area contributed by atoms with Crippen molar-refractivity contribution in [3.05, 3.63) is 53.7 Å². The molecular weight excluding hydrogens is 384 g/mol. The first kappa shape index (κ1) is 20.0. The summed E-state index contributed by atoms with van der Waals surface area (Å²) in [6, 6.07) is 8.48. The fourth-order valence-electron chi connectivity index (χ4n) is 3.56. The number of allylic oxidation sites excluding steroid dienone is 1. The average molecular weight is 408 g/mol. The Hall–Kier alpha value is -3.26. The molecule has 0 saturated carbocycles. The summed E-state index contributed by atoms with van der Waals surface area (Å²) in [5, 5.41) is 20.7. The van der Waals surface area contributed by atoms with Crippen LogP contribution in [0.25, 0.3) is 11.0 Å². The lowest BCUT2D eigenvalue weighted by atomic mass is 9.79. The van der Waals surface area contributed by atoms with E-state index in [0.29, 0.717) is 28.9 Å². The second-order valence-corrected chi connectivity index (χ2v) is 8.04. The van der Waals surface area contributed by atoms with Crippen molar-refractivity contribution < 1.29 is 19.3 Å². The monoisotopic (exact) mass is 408 g/mol. The Morgan fingerprint density at radius 1 is 1.30 bits per heavy atom. The summed E-state index contributed by atoms with van der Waals surface area (Å²) in [5.74, 6) is 0.685. The van der Waals surface area contributed by atoms with Crippen LogP contribution in [-0.2, 0) is 0 Å². The van der Waals surface area contributed by atoms with E-state index in [1.54, 1.807) is 36.5 Å². The third-order valence-corrected chi connectivity index (χ3v) is 5.44. The third-order valence-electron chi connectivity index (χ3n) is 5.44. The van der Waals surface area contributed by atoms with Gasteiger partial charge < -0.3 is 15.2 Å². The zero-order valence-corrected chi connectivity index (χ0v) is 17.0. The standard InChI is InChI=1S/C22H24N4O4/c1-22(2,28)15-7-5-14(6-8-15)13-24-20(27)17-4-3-11-23-21(17)29-16-9-10-18-19(12-16)26-30-25-18/h3-5,9-12,15,28H,6-8,13H2,1-2H3,(H,24,27)/t15-/m0/s1. The van der Waals surface area contributed by atoms with Crippen LogP contribution in [0.2, 0.25) is 0 Å². The fraction of sp³-hybridized carbons (Fsp3) is 0.364. The van der Waals surface area contributed by atoms with Crippen molar-refractivity contribution in [3.63, 3.8) is 0 Å². The van der Waals surface area contributed by atoms with Crippen molar-refractivity contribution in [1.82, 2.24) is 20.6 Å². The van der Waals surface area contributed by atoms with Gasteiger partial charge in [-0.25, -0.2) is 9.61 Å². The summed E-state index contributed by atoms with van der Waals surface area (Å²) in [6.45, 7) is 4.15. The average Bonchev–Trinajstić information content (AvgIpc) is 3.20. The minimum atomic E-state index is -0.682. The molecule has 1 atom stereocenters. The van der Waals surface area contributed by atoms with Gasteiger partial charge in [-0.2, -0.15) is 0 Å². The molecule has 1 aromatic carbocycles. The van der Waals surface area contributed by atoms with Crippen LogP contribution in [0.3, 0.4) is 0 Å². The summed E-state index contributed by atoms with van der Waals surface area (Å²) in [7, 11) is 0. The Labute approximate surface area is 173 Å². The van der Waals surface area contributed by atoms with E-state index < -0.39 is 5.60 Å². The molecule has 2 heterocycles. The molecule has 0 saturated heterocycles. The minimum Gasteiger partial charge on any atom is -0.438 e. The number of fused-ring (bicyclic) bond motifs is 1. The van der Waals surface area contributed by atoms with E-state index in [1.807, 2.05) is 13.8 Å². The van der Waals surface area contributed by atoms with Crippen LogP contribution in [0.1, 0.15) is 43.5 Å². The van der Waals surface area contributed by atoms with Gasteiger partial charge in [0, 0.05) is 18.8 Å². The molecule has 156 valence electrons. The molecule has 4 rings (SSSR count). The molecule has 0 fully saturated rings. The van der Waals surface area contributed by atoms with Crippen molar-refractivity contribution >= 4 is 16.9 Å². The van der Waals surface area contributed by atoms with Crippen LogP contribution < -0.4 is 10.1 Å². The molecule has 8 heteroatoms. The number of hydrogen-bond acceptors (Lipinski definition) is 7. The SMILES string of the molecule is CC(C)(O)[C@H]1CC=C(CNC(=O)c2cccnc2Oc2ccc3nonc3c2)CC1. The van der Waals surface area contributed by atoms with Crippen LogP contribution in [0, 0.1) is 5.92 Å². The number of pyridine rings is 1. The molecule has 3 aromatic rings. The van der Waals surface area contributed by atoms with Gasteiger partial charge >= 0.3 is 0 Å². The number of ether oxygens (including phenoxy) is 1. The van der Waals surface area contributed by atoms with Gasteiger partial charge in [-0.05, 0) is 73.6 Å². The number of aliphatic hydroxyl groups is 1. The topological polar surface area (TPSA) is 110 Å². The van der Waals surface area contributed by atoms with Crippen LogP contribution in [0.5, 0.6) is 11.6 Å². The van der Waals surface area contributed by atoms with Crippen LogP contribution in [-0.4, -0.2) is 38.5 Å². The van der Waals surface area contributed by atoms with Crippen molar-refractivity contribution in [2.75, 3.05) is 6.54 Å². The van der Waals surface area contributed by atoms with Crippen LogP contribution in [0.4, 0.5) is 0 Å². The highest BCUT2D eigenvalue weighted by Gasteiger charge is 2.28. The molecule has 2 aromatic heterocycles. The summed E-state index contributed by atoms with van der Waals surface area (Å²) >= 11 is 0. The highest BCUT2D eigenvalue weighted by Crippen LogP contribution is 2.31. The minimum absolute atomic E-state index is 0.213. The number of nitrogens with zero attached hydrogens (tertiary/aromatic N) is 3. The Kier molecular flexibility index (Phi) is 5.50. The molecule has 30 heavy (non-hydrogen) atoms. The second kappa shape index (κ2) is 8.23. The predicted molar refractivity (Wildman–Crippen MR) is 110 cm³/mol. The molecule has 0 spiro atoms. The van der Waals surface area contributed by atoms with E-state index in [1.165, 1.54) is 5.57 Å². The number of aromatic nitrogens is 3. The molecule has 1 aliphatic carbocycles. The number of carbonyl (C=O) groups excluding carboxylic acids is 1. The molecule has 0 unspecified atom stereocenters. The maximum absolute atomic E-state index is 12.8. The quantitative estimate of drug-likeness (QED) is 0.599. The number of benzene rings is 1. The number of nitrogens with one attached hydrogen (secondary N) is 1. The van der Waals surface area contributed by atoms with Crippen molar-refractivity contribution in [2.24, 2.45) is 5.92 Å². The van der Waals surface area contributed by atoms with E-state index in [2.05, 4.69) is 26.7 Å². The van der Waals surface area contributed by atoms with Crippen LogP contribution >= 0.6 is 0 Å². The highest BCUT2D eigenvalue weighted by atomic mass is 16.6. The number of carbonyl (C=O) groups is 1. The van der Waals surface area contributed by atoms with E-state index in [4.69, 9.17) is 9.37 Å². The predicted octanol–water partition coefficient (Wildman–Crippen LogP) is 3.64. The first-order valence-electron chi connectivity index (χ1n) is 9.94. The van der Waals surface area contributed by atoms with Gasteiger partial charge in [0.05, 0.1) is 5.60 Å². The highest BCUT2D eigenvalue weighted by molar-refractivity contribution is 5.96. The van der Waals surface area contributed by atoms with Gasteiger partial charge in [-0.15, -0.1) is 0 Å². The van der Waals surface area contributed by atoms with E-state index in [9.17, 15) is 9.90 Å². The fourth-order valence-corrected chi connectivity index (χ4v) is 3.56. The molecule has 2 N–H and O–H groups in total. The molecule has 1 aliphatic rings. The Morgan fingerprint density at radius 3 is 2.90 bits per heavy atom. The molecule has 8 nitrogen and oxygen atoms in total. The molecule has 0 aliphatic heterocycles. The van der Waals surface area contributed by atoms with E-state index in [0.717, 1.165) is 19.3 Å². The number of amides is 1. The lowest BCUT2D eigenvalue weighted by molar-refractivity contribution is 0.0125.